The average molecular weight is 339 g/mol. The molecule has 0 amide bonds. The maximum atomic E-state index is 12.5. The lowest BCUT2D eigenvalue weighted by Crippen LogP contribution is -2.15. The van der Waals surface area contributed by atoms with Gasteiger partial charge in [0.1, 0.15) is 12.4 Å². The van der Waals surface area contributed by atoms with Crippen LogP contribution >= 0.6 is 28.3 Å². The third-order valence-electron chi connectivity index (χ3n) is 1.98. The first-order valence-corrected chi connectivity index (χ1v) is 4.97. The van der Waals surface area contributed by atoms with Gasteiger partial charge in [-0.15, -0.1) is 12.4 Å². The number of alkyl halides is 4. The number of phenols is 1. The van der Waals surface area contributed by atoms with Crippen LogP contribution in [0.25, 0.3) is 0 Å². The third kappa shape index (κ3) is 3.72. The van der Waals surface area contributed by atoms with Gasteiger partial charge in [-0.2, -0.15) is 13.2 Å². The summed E-state index contributed by atoms with van der Waals surface area (Å²) in [4.78, 5) is 0. The van der Waals surface area contributed by atoms with Gasteiger partial charge in [0, 0.05) is 10.0 Å². The van der Waals surface area contributed by atoms with Crippen molar-refractivity contribution in [2.75, 3.05) is 6.67 Å². The molecule has 0 aromatic heterocycles. The summed E-state index contributed by atoms with van der Waals surface area (Å²) >= 11 is 2.85. The monoisotopic (exact) mass is 337 g/mol. The van der Waals surface area contributed by atoms with Crippen LogP contribution in [0.15, 0.2) is 16.6 Å². The summed E-state index contributed by atoms with van der Waals surface area (Å²) < 4.78 is 49.7. The summed E-state index contributed by atoms with van der Waals surface area (Å²) in [7, 11) is 0. The van der Waals surface area contributed by atoms with Crippen molar-refractivity contribution >= 4 is 28.3 Å². The average Bonchev–Trinajstić information content (AvgIpc) is 2.18. The maximum absolute atomic E-state index is 12.5. The van der Waals surface area contributed by atoms with Crippen LogP contribution in [0.5, 0.6) is 5.75 Å². The van der Waals surface area contributed by atoms with Crippen LogP contribution in [-0.2, 0) is 6.18 Å². The fourth-order valence-corrected chi connectivity index (χ4v) is 1.68. The van der Waals surface area contributed by atoms with Crippen LogP contribution in [0.4, 0.5) is 17.6 Å². The molecule has 2 nitrogen and oxygen atoms in total. The van der Waals surface area contributed by atoms with Gasteiger partial charge in [0.05, 0.1) is 11.6 Å². The van der Waals surface area contributed by atoms with Gasteiger partial charge in [0.15, 0.2) is 0 Å². The largest absolute Gasteiger partial charge is 0.507 e. The highest BCUT2D eigenvalue weighted by atomic mass is 79.9. The van der Waals surface area contributed by atoms with Crippen LogP contribution in [0.1, 0.15) is 17.2 Å². The third-order valence-corrected chi connectivity index (χ3v) is 2.43. The van der Waals surface area contributed by atoms with Crippen molar-refractivity contribution in [3.8, 4) is 5.75 Å². The second-order valence-electron chi connectivity index (χ2n) is 3.15. The summed E-state index contributed by atoms with van der Waals surface area (Å²) in [5, 5.41) is 9.36. The molecule has 17 heavy (non-hydrogen) atoms. The zero-order valence-electron chi connectivity index (χ0n) is 8.26. The van der Waals surface area contributed by atoms with Crippen molar-refractivity contribution in [3.63, 3.8) is 0 Å². The molecule has 0 aliphatic heterocycles. The predicted molar refractivity (Wildman–Crippen MR) is 61.0 cm³/mol. The minimum absolute atomic E-state index is 0. The molecule has 1 aromatic rings. The van der Waals surface area contributed by atoms with Crippen molar-refractivity contribution in [1.29, 1.82) is 0 Å². The van der Waals surface area contributed by atoms with Crippen molar-refractivity contribution < 1.29 is 22.7 Å². The highest BCUT2D eigenvalue weighted by Crippen LogP contribution is 2.41. The summed E-state index contributed by atoms with van der Waals surface area (Å²) in [6.07, 6.45) is -4.71. The van der Waals surface area contributed by atoms with Crippen LogP contribution in [0, 0.1) is 0 Å². The Labute approximate surface area is 109 Å². The Morgan fingerprint density at radius 3 is 2.29 bits per heavy atom. The first-order valence-electron chi connectivity index (χ1n) is 4.18. The number of phenolic OH excluding ortho intramolecular Hbond substituents is 1. The smallest absolute Gasteiger partial charge is 0.420 e. The summed E-state index contributed by atoms with van der Waals surface area (Å²) in [5.41, 5.74) is 3.74. The maximum Gasteiger partial charge on any atom is 0.420 e. The minimum atomic E-state index is -4.71. The molecule has 8 heteroatoms. The van der Waals surface area contributed by atoms with E-state index in [0.717, 1.165) is 6.07 Å². The van der Waals surface area contributed by atoms with Gasteiger partial charge in [-0.1, -0.05) is 15.9 Å². The second-order valence-corrected chi connectivity index (χ2v) is 4.07. The number of benzene rings is 1. The van der Waals surface area contributed by atoms with Gasteiger partial charge in [0.25, 0.3) is 0 Å². The van der Waals surface area contributed by atoms with E-state index >= 15 is 0 Å². The van der Waals surface area contributed by atoms with Crippen molar-refractivity contribution in [3.05, 3.63) is 27.7 Å². The number of nitrogens with two attached hydrogens (primary N) is 1. The Balaban J connectivity index is 0.00000256. The van der Waals surface area contributed by atoms with Crippen LogP contribution in [0.2, 0.25) is 0 Å². The molecule has 0 unspecified atom stereocenters. The SMILES string of the molecule is Cl.N[C@@H](CF)c1cc(Br)cc(C(F)(F)F)c1O. The Bertz CT molecular complexity index is 399. The zero-order valence-corrected chi connectivity index (χ0v) is 10.7. The number of aromatic hydroxyl groups is 1. The van der Waals surface area contributed by atoms with E-state index in [2.05, 4.69) is 15.9 Å². The van der Waals surface area contributed by atoms with Gasteiger partial charge in [-0.25, -0.2) is 4.39 Å². The highest BCUT2D eigenvalue weighted by molar-refractivity contribution is 9.10. The lowest BCUT2D eigenvalue weighted by molar-refractivity contribution is -0.138. The van der Waals surface area contributed by atoms with E-state index in [0.29, 0.717) is 6.07 Å². The van der Waals surface area contributed by atoms with E-state index < -0.39 is 30.2 Å². The van der Waals surface area contributed by atoms with Gasteiger partial charge < -0.3 is 10.8 Å². The Morgan fingerprint density at radius 2 is 1.88 bits per heavy atom. The second kappa shape index (κ2) is 5.88. The van der Waals surface area contributed by atoms with Crippen molar-refractivity contribution in [2.24, 2.45) is 5.73 Å². The van der Waals surface area contributed by atoms with Gasteiger partial charge in [0.2, 0.25) is 0 Å². The molecule has 0 heterocycles. The number of rotatable bonds is 2. The molecule has 1 rings (SSSR count). The van der Waals surface area contributed by atoms with Crippen molar-refractivity contribution in [1.82, 2.24) is 0 Å². The normalized spacial score (nSPS) is 13.1. The molecular formula is C9H9BrClF4NO. The Morgan fingerprint density at radius 1 is 1.35 bits per heavy atom. The van der Waals surface area contributed by atoms with Crippen LogP contribution in [-0.4, -0.2) is 11.8 Å². The quantitative estimate of drug-likeness (QED) is 0.810. The van der Waals surface area contributed by atoms with E-state index in [1.165, 1.54) is 0 Å². The molecule has 0 bridgehead atoms. The number of halogens is 6. The van der Waals surface area contributed by atoms with Crippen molar-refractivity contribution in [2.45, 2.75) is 12.2 Å². The topological polar surface area (TPSA) is 46.2 Å². The van der Waals surface area contributed by atoms with E-state index in [1.54, 1.807) is 0 Å². The lowest BCUT2D eigenvalue weighted by Gasteiger charge is -2.16. The standard InChI is InChI=1S/C9H8BrF4NO.ClH/c10-4-1-5(7(15)3-11)8(16)6(2-4)9(12,13)14;/h1-2,7,16H,3,15H2;1H/t7-;/m0./s1. The molecule has 0 saturated carbocycles. The van der Waals surface area contributed by atoms with E-state index in [9.17, 15) is 22.7 Å². The lowest BCUT2D eigenvalue weighted by atomic mass is 10.0. The highest BCUT2D eigenvalue weighted by Gasteiger charge is 2.35. The number of hydrogen-bond acceptors (Lipinski definition) is 2. The first-order chi connectivity index (χ1) is 7.27. The van der Waals surface area contributed by atoms with Gasteiger partial charge in [-0.05, 0) is 12.1 Å². The molecule has 0 spiro atoms. The molecule has 98 valence electrons. The van der Waals surface area contributed by atoms with E-state index in [4.69, 9.17) is 5.73 Å². The molecule has 0 aliphatic rings. The number of hydrogen-bond donors (Lipinski definition) is 2. The van der Waals surface area contributed by atoms with Crippen LogP contribution in [0.3, 0.4) is 0 Å². The first kappa shape index (κ1) is 16.5. The van der Waals surface area contributed by atoms with E-state index in [-0.39, 0.29) is 22.4 Å². The fourth-order valence-electron chi connectivity index (χ4n) is 1.20. The van der Waals surface area contributed by atoms with Gasteiger partial charge >= 0.3 is 6.18 Å². The van der Waals surface area contributed by atoms with Crippen LogP contribution < -0.4 is 5.73 Å². The summed E-state index contributed by atoms with van der Waals surface area (Å²) in [6.45, 7) is -1.05. The Hall–Kier alpha value is -0.530. The predicted octanol–water partition coefficient (Wildman–Crippen LogP) is 3.56. The molecule has 3 N–H and O–H groups in total. The molecule has 0 radical (unpaired) electrons. The molecular weight excluding hydrogens is 329 g/mol. The zero-order chi connectivity index (χ0) is 12.5. The Kier molecular flexibility index (Phi) is 5.70. The molecule has 0 saturated heterocycles. The summed E-state index contributed by atoms with van der Waals surface area (Å²) in [6, 6.07) is 0.595. The molecule has 1 atom stereocenters. The summed E-state index contributed by atoms with van der Waals surface area (Å²) in [5.74, 6) is -1.03. The molecule has 0 aliphatic carbocycles. The van der Waals surface area contributed by atoms with Gasteiger partial charge in [-0.3, -0.25) is 0 Å². The minimum Gasteiger partial charge on any atom is -0.507 e. The van der Waals surface area contributed by atoms with E-state index in [1.807, 2.05) is 0 Å². The molecule has 0 fully saturated rings. The molecule has 1 aromatic carbocycles. The fraction of sp³-hybridized carbons (Fsp3) is 0.333.